The summed E-state index contributed by atoms with van der Waals surface area (Å²) in [7, 11) is 2.08. The summed E-state index contributed by atoms with van der Waals surface area (Å²) in [5.41, 5.74) is 9.98. The van der Waals surface area contributed by atoms with Crippen LogP contribution in [0.15, 0.2) is 134 Å². The molecule has 0 amide bonds. The Morgan fingerprint density at radius 3 is 2.08 bits per heavy atom. The first-order valence-corrected chi connectivity index (χ1v) is 12.8. The molecule has 37 heavy (non-hydrogen) atoms. The molecule has 2 heterocycles. The molecule has 0 aliphatic carbocycles. The van der Waals surface area contributed by atoms with Crippen LogP contribution in [0.2, 0.25) is 0 Å². The highest BCUT2D eigenvalue weighted by molar-refractivity contribution is 6.09. The fourth-order valence-corrected chi connectivity index (χ4v) is 5.62. The largest absolute Gasteiger partial charge is 0.344 e. The highest BCUT2D eigenvalue weighted by atomic mass is 15.1. The Morgan fingerprint density at radius 1 is 0.703 bits per heavy atom. The predicted molar refractivity (Wildman–Crippen MR) is 161 cm³/mol. The van der Waals surface area contributed by atoms with Crippen molar-refractivity contribution in [2.75, 3.05) is 11.9 Å². The van der Waals surface area contributed by atoms with Gasteiger partial charge in [0, 0.05) is 40.3 Å². The zero-order valence-electron chi connectivity index (χ0n) is 22.2. The second-order valence-corrected chi connectivity index (χ2v) is 10.1. The van der Waals surface area contributed by atoms with Crippen LogP contribution in [0.25, 0.3) is 27.5 Å². The van der Waals surface area contributed by atoms with Crippen molar-refractivity contribution in [1.82, 2.24) is 4.57 Å². The van der Waals surface area contributed by atoms with E-state index in [2.05, 4.69) is 148 Å². The van der Waals surface area contributed by atoms with Crippen molar-refractivity contribution < 1.29 is 0 Å². The maximum absolute atomic E-state index is 3.95. The van der Waals surface area contributed by atoms with E-state index >= 15 is 0 Å². The summed E-state index contributed by atoms with van der Waals surface area (Å²) in [6.07, 6.45) is 3.86. The highest BCUT2D eigenvalue weighted by Gasteiger charge is 2.34. The van der Waals surface area contributed by atoms with Crippen molar-refractivity contribution in [3.8, 4) is 5.69 Å². The minimum absolute atomic E-state index is 0.0195. The average Bonchev–Trinajstić information content (AvgIpc) is 3.25. The normalized spacial score (nSPS) is 14.2. The van der Waals surface area contributed by atoms with Gasteiger partial charge in [0.1, 0.15) is 0 Å². The minimum atomic E-state index is -0.0195. The molecule has 2 heteroatoms. The lowest BCUT2D eigenvalue weighted by molar-refractivity contribution is 0.618. The maximum Gasteiger partial charge on any atom is 0.0541 e. The number of anilines is 1. The van der Waals surface area contributed by atoms with E-state index in [9.17, 15) is 0 Å². The van der Waals surface area contributed by atoms with Crippen LogP contribution in [0.5, 0.6) is 0 Å². The Bertz CT molecular complexity index is 1650. The average molecular weight is 483 g/mol. The third-order valence-electron chi connectivity index (χ3n) is 7.49. The summed E-state index contributed by atoms with van der Waals surface area (Å²) < 4.78 is 2.34. The van der Waals surface area contributed by atoms with E-state index in [1.165, 1.54) is 49.9 Å². The quantitative estimate of drug-likeness (QED) is 0.249. The lowest BCUT2D eigenvalue weighted by Crippen LogP contribution is -2.33. The Balaban J connectivity index is 0.000000154. The van der Waals surface area contributed by atoms with E-state index in [0.29, 0.717) is 0 Å². The van der Waals surface area contributed by atoms with Crippen LogP contribution in [0.3, 0.4) is 0 Å². The zero-order valence-corrected chi connectivity index (χ0v) is 22.2. The van der Waals surface area contributed by atoms with Crippen molar-refractivity contribution in [2.24, 2.45) is 0 Å². The van der Waals surface area contributed by atoms with Gasteiger partial charge in [-0.1, -0.05) is 99.3 Å². The van der Waals surface area contributed by atoms with Gasteiger partial charge in [0.15, 0.2) is 0 Å². The summed E-state index contributed by atoms with van der Waals surface area (Å²) in [4.78, 5) is 2.19. The number of rotatable bonds is 3. The van der Waals surface area contributed by atoms with E-state index in [4.69, 9.17) is 0 Å². The van der Waals surface area contributed by atoms with Gasteiger partial charge in [0.25, 0.3) is 0 Å². The zero-order chi connectivity index (χ0) is 26.2. The highest BCUT2D eigenvalue weighted by Crippen LogP contribution is 2.45. The Kier molecular flexibility index (Phi) is 6.35. The van der Waals surface area contributed by atoms with Crippen LogP contribution in [-0.2, 0) is 5.41 Å². The van der Waals surface area contributed by atoms with Crippen LogP contribution in [-0.4, -0.2) is 11.6 Å². The number of hydrogen-bond donors (Lipinski definition) is 0. The van der Waals surface area contributed by atoms with Gasteiger partial charge in [0.05, 0.1) is 11.0 Å². The standard InChI is InChI=1S/C19H15N.C16H19N/c1-14-11-12-19-17(13-14)16-9-5-6-10-18(16)20(19)15-7-3-2-4-8-15;1-6-12-14(7-2)17(5)15-11-9-8-10-13(15)16(12,3)4/h2-13H,1H3;6-11H,1-2H2,3-5H3. The topological polar surface area (TPSA) is 8.17 Å². The fourth-order valence-electron chi connectivity index (χ4n) is 5.62. The van der Waals surface area contributed by atoms with Crippen LogP contribution < -0.4 is 4.90 Å². The predicted octanol–water partition coefficient (Wildman–Crippen LogP) is 9.13. The van der Waals surface area contributed by atoms with Gasteiger partial charge in [0.2, 0.25) is 0 Å². The van der Waals surface area contributed by atoms with E-state index in [-0.39, 0.29) is 5.41 Å². The summed E-state index contributed by atoms with van der Waals surface area (Å²) >= 11 is 0. The third-order valence-corrected chi connectivity index (χ3v) is 7.49. The third kappa shape index (κ3) is 4.09. The molecule has 184 valence electrons. The molecule has 0 radical (unpaired) electrons. The number of allylic oxidation sites excluding steroid dienone is 3. The van der Waals surface area contributed by atoms with Gasteiger partial charge in [-0.25, -0.2) is 0 Å². The molecule has 0 unspecified atom stereocenters. The van der Waals surface area contributed by atoms with E-state index in [0.717, 1.165) is 5.70 Å². The molecule has 0 fully saturated rings. The minimum Gasteiger partial charge on any atom is -0.344 e. The number of aryl methyl sites for hydroxylation is 1. The first-order chi connectivity index (χ1) is 17.9. The Morgan fingerprint density at radius 2 is 1.35 bits per heavy atom. The van der Waals surface area contributed by atoms with E-state index < -0.39 is 0 Å². The molecule has 5 aromatic rings. The van der Waals surface area contributed by atoms with Gasteiger partial charge in [-0.2, -0.15) is 0 Å². The summed E-state index contributed by atoms with van der Waals surface area (Å²) in [5.74, 6) is 0. The van der Waals surface area contributed by atoms with Crippen LogP contribution >= 0.6 is 0 Å². The fraction of sp³-hybridized carbons (Fsp3) is 0.143. The Hall–Kier alpha value is -4.30. The molecule has 1 aliphatic rings. The molecule has 2 nitrogen and oxygen atoms in total. The van der Waals surface area contributed by atoms with Crippen molar-refractivity contribution in [1.29, 1.82) is 0 Å². The molecule has 1 aromatic heterocycles. The molecular formula is C35H34N2. The molecule has 0 N–H and O–H groups in total. The molecule has 6 rings (SSSR count). The molecule has 0 saturated carbocycles. The smallest absolute Gasteiger partial charge is 0.0541 e. The second-order valence-electron chi connectivity index (χ2n) is 10.1. The molecule has 0 bridgehead atoms. The first-order valence-electron chi connectivity index (χ1n) is 12.8. The van der Waals surface area contributed by atoms with Gasteiger partial charge in [-0.15, -0.1) is 0 Å². The van der Waals surface area contributed by atoms with Crippen molar-refractivity contribution in [3.05, 3.63) is 145 Å². The number of aromatic nitrogens is 1. The number of hydrogen-bond acceptors (Lipinski definition) is 1. The van der Waals surface area contributed by atoms with Crippen LogP contribution in [0.4, 0.5) is 5.69 Å². The molecule has 0 saturated heterocycles. The number of fused-ring (bicyclic) bond motifs is 4. The molecular weight excluding hydrogens is 448 g/mol. The maximum atomic E-state index is 3.95. The lowest BCUT2D eigenvalue weighted by Gasteiger charge is -2.40. The summed E-state index contributed by atoms with van der Waals surface area (Å²) in [5, 5.41) is 2.64. The Labute approximate surface area is 220 Å². The lowest BCUT2D eigenvalue weighted by atomic mass is 9.73. The van der Waals surface area contributed by atoms with Gasteiger partial charge >= 0.3 is 0 Å². The number of nitrogens with zero attached hydrogens (tertiary/aromatic N) is 2. The molecule has 0 atom stereocenters. The molecule has 1 aliphatic heterocycles. The molecule has 0 spiro atoms. The van der Waals surface area contributed by atoms with Gasteiger partial charge in [-0.05, 0) is 60.5 Å². The summed E-state index contributed by atoms with van der Waals surface area (Å²) in [6, 6.07) is 34.3. The number of para-hydroxylation sites is 3. The van der Waals surface area contributed by atoms with Crippen LogP contribution in [0.1, 0.15) is 25.0 Å². The number of benzene rings is 4. The molecule has 4 aromatic carbocycles. The van der Waals surface area contributed by atoms with Gasteiger partial charge < -0.3 is 9.47 Å². The van der Waals surface area contributed by atoms with Crippen molar-refractivity contribution >= 4 is 27.5 Å². The SMILES string of the molecule is C=CC1=C(C=C)C(C)(C)c2ccccc2N1C.Cc1ccc2c(c1)c1ccccc1n2-c1ccccc1. The van der Waals surface area contributed by atoms with E-state index in [1.54, 1.807) is 0 Å². The van der Waals surface area contributed by atoms with Crippen LogP contribution in [0, 0.1) is 6.92 Å². The van der Waals surface area contributed by atoms with E-state index in [1.807, 2.05) is 12.2 Å². The monoisotopic (exact) mass is 482 g/mol. The van der Waals surface area contributed by atoms with Crippen molar-refractivity contribution in [2.45, 2.75) is 26.2 Å². The first kappa shape index (κ1) is 24.4. The second kappa shape index (κ2) is 9.63. The van der Waals surface area contributed by atoms with Gasteiger partial charge in [-0.3, -0.25) is 0 Å². The summed E-state index contributed by atoms with van der Waals surface area (Å²) in [6.45, 7) is 14.5. The van der Waals surface area contributed by atoms with Crippen molar-refractivity contribution in [3.63, 3.8) is 0 Å². The number of likely N-dealkylation sites (N-methyl/N-ethyl adjacent to an activating group) is 1.